The Labute approximate surface area is 397 Å². The highest BCUT2D eigenvalue weighted by molar-refractivity contribution is 5.95. The summed E-state index contributed by atoms with van der Waals surface area (Å²) in [4.78, 5) is 87.6. The number of amides is 7. The Morgan fingerprint density at radius 3 is 1.45 bits per heavy atom. The molecule has 7 amide bonds. The van der Waals surface area contributed by atoms with Crippen molar-refractivity contribution in [2.45, 2.75) is 116 Å². The van der Waals surface area contributed by atoms with E-state index in [1.165, 1.54) is 0 Å². The lowest BCUT2D eigenvalue weighted by atomic mass is 9.96. The van der Waals surface area contributed by atoms with Gasteiger partial charge in [-0.2, -0.15) is 0 Å². The van der Waals surface area contributed by atoms with Crippen molar-refractivity contribution in [3.8, 4) is 0 Å². The van der Waals surface area contributed by atoms with E-state index in [0.717, 1.165) is 12.8 Å². The van der Waals surface area contributed by atoms with Gasteiger partial charge in [-0.3, -0.25) is 28.8 Å². The van der Waals surface area contributed by atoms with Crippen molar-refractivity contribution in [1.82, 2.24) is 31.9 Å². The van der Waals surface area contributed by atoms with E-state index in [-0.39, 0.29) is 81.7 Å². The molecule has 0 fully saturated rings. The minimum absolute atomic E-state index is 0.0112. The molecule has 0 spiro atoms. The standard InChI is InChI=1S/C44H86N10O13/c1-32(2)39(43(60)53-35(40(57)33(3)4)12-9-17-51-44(48)61)54-42(59)36(11-6-8-16-46)52-38(56)14-21-63-25-29-67-30-26-64-22-18-49-37(55)13-20-62-24-28-66-31-27-65-23-19-50-41(58)34(47)10-5-7-15-45/h32-36,39H,5-31,45-47H2,1-4H3,(H,49,55)(H,50,58)(H,52,56)(H,53,60)(H,54,59)(H3,48,51,61). The minimum atomic E-state index is -0.987. The van der Waals surface area contributed by atoms with Gasteiger partial charge < -0.3 is 83.3 Å². The number of urea groups is 1. The van der Waals surface area contributed by atoms with Crippen LogP contribution in [-0.2, 0) is 57.2 Å². The first kappa shape index (κ1) is 62.9. The number of primary amides is 1. The Kier molecular flexibility index (Phi) is 39.5. The van der Waals surface area contributed by atoms with Crippen molar-refractivity contribution < 1.29 is 62.0 Å². The van der Waals surface area contributed by atoms with Crippen molar-refractivity contribution >= 4 is 41.4 Å². The molecular formula is C44H86N10O13. The smallest absolute Gasteiger partial charge is 0.312 e. The van der Waals surface area contributed by atoms with Gasteiger partial charge in [0.25, 0.3) is 0 Å². The molecule has 0 aromatic heterocycles. The highest BCUT2D eigenvalue weighted by Gasteiger charge is 2.32. The van der Waals surface area contributed by atoms with Crippen molar-refractivity contribution in [2.75, 3.05) is 112 Å². The predicted molar refractivity (Wildman–Crippen MR) is 251 cm³/mol. The summed E-state index contributed by atoms with van der Waals surface area (Å²) >= 11 is 0. The number of carbonyl (C=O) groups is 7. The van der Waals surface area contributed by atoms with Crippen LogP contribution < -0.4 is 54.8 Å². The van der Waals surface area contributed by atoms with Crippen LogP contribution in [0.4, 0.5) is 4.79 Å². The number of ether oxygens (including phenoxy) is 6. The van der Waals surface area contributed by atoms with E-state index in [4.69, 9.17) is 51.4 Å². The number of unbranched alkanes of at least 4 members (excludes halogenated alkanes) is 2. The lowest BCUT2D eigenvalue weighted by Crippen LogP contribution is -2.57. The topological polar surface area (TPSA) is 351 Å². The Morgan fingerprint density at radius 1 is 0.463 bits per heavy atom. The van der Waals surface area contributed by atoms with Crippen LogP contribution in [0.3, 0.4) is 0 Å². The summed E-state index contributed by atoms with van der Waals surface area (Å²) in [6.45, 7) is 12.5. The summed E-state index contributed by atoms with van der Waals surface area (Å²) in [6, 6.07) is -3.97. The number of rotatable bonds is 45. The maximum Gasteiger partial charge on any atom is 0.312 e. The van der Waals surface area contributed by atoms with Crippen molar-refractivity contribution in [3.63, 3.8) is 0 Å². The normalized spacial score (nSPS) is 13.1. The summed E-state index contributed by atoms with van der Waals surface area (Å²) in [6.07, 6.45) is 4.62. The van der Waals surface area contributed by atoms with Gasteiger partial charge in [-0.25, -0.2) is 4.79 Å². The first-order valence-corrected chi connectivity index (χ1v) is 23.8. The molecule has 0 aliphatic rings. The molecule has 0 aromatic carbocycles. The van der Waals surface area contributed by atoms with E-state index in [1.54, 1.807) is 27.7 Å². The Hall–Kier alpha value is -4.07. The first-order chi connectivity index (χ1) is 32.1. The molecule has 4 unspecified atom stereocenters. The van der Waals surface area contributed by atoms with Crippen LogP contribution in [0.2, 0.25) is 0 Å². The molecule has 23 nitrogen and oxygen atoms in total. The summed E-state index contributed by atoms with van der Waals surface area (Å²) in [7, 11) is 0. The molecular weight excluding hydrogens is 877 g/mol. The molecule has 0 saturated heterocycles. The monoisotopic (exact) mass is 963 g/mol. The number of hydrogen-bond acceptors (Lipinski definition) is 16. The third kappa shape index (κ3) is 35.7. The maximum absolute atomic E-state index is 13.5. The lowest BCUT2D eigenvalue weighted by molar-refractivity contribution is -0.135. The average Bonchev–Trinajstić information content (AvgIpc) is 3.28. The SMILES string of the molecule is CC(C)C(=O)C(CCCNC(N)=O)NC(=O)C(NC(=O)C(CCCCN)NC(=O)CCOCCOCCOCCNC(=O)CCOCCOCCOCCNC(=O)C(N)CCCCN)C(C)C. The summed E-state index contributed by atoms with van der Waals surface area (Å²) in [5.41, 5.74) is 22.1. The molecule has 390 valence electrons. The van der Waals surface area contributed by atoms with Gasteiger partial charge in [-0.15, -0.1) is 0 Å². The average molecular weight is 963 g/mol. The maximum atomic E-state index is 13.5. The minimum Gasteiger partial charge on any atom is -0.379 e. The third-order valence-corrected chi connectivity index (χ3v) is 9.90. The van der Waals surface area contributed by atoms with Crippen LogP contribution in [-0.4, -0.2) is 178 Å². The molecule has 0 aromatic rings. The van der Waals surface area contributed by atoms with Gasteiger partial charge in [0.15, 0.2) is 5.78 Å². The van der Waals surface area contributed by atoms with Gasteiger partial charge in [-0.05, 0) is 64.0 Å². The Morgan fingerprint density at radius 2 is 0.940 bits per heavy atom. The van der Waals surface area contributed by atoms with Gasteiger partial charge in [-0.1, -0.05) is 34.1 Å². The van der Waals surface area contributed by atoms with Gasteiger partial charge in [0.2, 0.25) is 29.5 Å². The quantitative estimate of drug-likeness (QED) is 0.0310. The fraction of sp³-hybridized carbons (Fsp3) is 0.841. The van der Waals surface area contributed by atoms with E-state index < -0.39 is 47.9 Å². The van der Waals surface area contributed by atoms with Crippen molar-refractivity contribution in [1.29, 1.82) is 0 Å². The molecule has 4 atom stereocenters. The molecule has 0 heterocycles. The number of nitrogens with two attached hydrogens (primary N) is 4. The summed E-state index contributed by atoms with van der Waals surface area (Å²) < 4.78 is 32.8. The van der Waals surface area contributed by atoms with Gasteiger partial charge in [0.05, 0.1) is 91.4 Å². The number of hydrogen-bond donors (Lipinski definition) is 10. The number of Topliss-reactive ketones (excluding diaryl/α,β-unsaturated/α-hetero) is 1. The Bertz CT molecular complexity index is 1370. The second-order valence-electron chi connectivity index (χ2n) is 16.4. The fourth-order valence-electron chi connectivity index (χ4n) is 6.07. The molecule has 0 radical (unpaired) electrons. The fourth-order valence-corrected chi connectivity index (χ4v) is 6.07. The highest BCUT2D eigenvalue weighted by atomic mass is 16.5. The zero-order chi connectivity index (χ0) is 50.1. The van der Waals surface area contributed by atoms with Crippen LogP contribution >= 0.6 is 0 Å². The molecule has 0 rings (SSSR count). The van der Waals surface area contributed by atoms with Crippen molar-refractivity contribution in [3.05, 3.63) is 0 Å². The lowest BCUT2D eigenvalue weighted by Gasteiger charge is -2.28. The van der Waals surface area contributed by atoms with E-state index >= 15 is 0 Å². The predicted octanol–water partition coefficient (Wildman–Crippen LogP) is -1.53. The molecule has 14 N–H and O–H groups in total. The third-order valence-electron chi connectivity index (χ3n) is 9.90. The molecule has 23 heteroatoms. The zero-order valence-corrected chi connectivity index (χ0v) is 40.7. The van der Waals surface area contributed by atoms with E-state index in [0.29, 0.717) is 111 Å². The second-order valence-corrected chi connectivity index (χ2v) is 16.4. The van der Waals surface area contributed by atoms with Crippen LogP contribution in [0.25, 0.3) is 0 Å². The Balaban J connectivity index is 4.21. The van der Waals surface area contributed by atoms with Crippen LogP contribution in [0, 0.1) is 11.8 Å². The summed E-state index contributed by atoms with van der Waals surface area (Å²) in [5.74, 6) is -2.72. The van der Waals surface area contributed by atoms with Gasteiger partial charge >= 0.3 is 6.03 Å². The highest BCUT2D eigenvalue weighted by Crippen LogP contribution is 2.11. The van der Waals surface area contributed by atoms with Gasteiger partial charge in [0, 0.05) is 38.4 Å². The van der Waals surface area contributed by atoms with Crippen LogP contribution in [0.1, 0.15) is 91.9 Å². The number of nitrogens with one attached hydrogen (secondary N) is 6. The number of carbonyl (C=O) groups excluding carboxylic acids is 7. The summed E-state index contributed by atoms with van der Waals surface area (Å²) in [5, 5.41) is 16.3. The van der Waals surface area contributed by atoms with E-state index in [2.05, 4.69) is 31.9 Å². The molecule has 67 heavy (non-hydrogen) atoms. The van der Waals surface area contributed by atoms with E-state index in [9.17, 15) is 33.6 Å². The zero-order valence-electron chi connectivity index (χ0n) is 40.7. The van der Waals surface area contributed by atoms with E-state index in [1.807, 2.05) is 0 Å². The van der Waals surface area contributed by atoms with Crippen LogP contribution in [0.5, 0.6) is 0 Å². The van der Waals surface area contributed by atoms with Crippen molar-refractivity contribution in [2.24, 2.45) is 34.8 Å². The molecule has 0 aliphatic heterocycles. The molecule has 0 aliphatic carbocycles. The largest absolute Gasteiger partial charge is 0.379 e. The van der Waals surface area contributed by atoms with Crippen LogP contribution in [0.15, 0.2) is 0 Å². The van der Waals surface area contributed by atoms with Gasteiger partial charge in [0.1, 0.15) is 12.1 Å². The number of ketones is 1. The molecule has 0 bridgehead atoms. The molecule has 0 saturated carbocycles. The second kappa shape index (κ2) is 42.1. The first-order valence-electron chi connectivity index (χ1n) is 23.8.